The van der Waals surface area contributed by atoms with E-state index in [1.165, 1.54) is 11.3 Å². The van der Waals surface area contributed by atoms with E-state index in [1.807, 2.05) is 29.6 Å². The van der Waals surface area contributed by atoms with E-state index in [-0.39, 0.29) is 18.2 Å². The summed E-state index contributed by atoms with van der Waals surface area (Å²) in [4.78, 5) is 23.5. The molecule has 0 aliphatic rings. The van der Waals surface area contributed by atoms with Gasteiger partial charge >= 0.3 is 0 Å². The Balaban J connectivity index is 1.64. The highest BCUT2D eigenvalue weighted by Crippen LogP contribution is 2.17. The maximum atomic E-state index is 11.8. The molecule has 5 nitrogen and oxygen atoms in total. The molecule has 6 heteroatoms. The molecule has 0 saturated carbocycles. The van der Waals surface area contributed by atoms with Crippen LogP contribution in [0, 0.1) is 0 Å². The number of para-hydroxylation sites is 1. The van der Waals surface area contributed by atoms with Crippen LogP contribution in [-0.2, 0) is 11.2 Å². The van der Waals surface area contributed by atoms with Crippen LogP contribution >= 0.6 is 11.3 Å². The SMILES string of the molecule is COc1ccccc1CCNC(=O)CCNC(=O)c1ccsc1. The average Bonchev–Trinajstić information content (AvgIpc) is 3.10. The molecule has 23 heavy (non-hydrogen) atoms. The zero-order valence-electron chi connectivity index (χ0n) is 13.0. The van der Waals surface area contributed by atoms with Crippen LogP contribution in [0.15, 0.2) is 41.1 Å². The minimum Gasteiger partial charge on any atom is -0.496 e. The molecule has 2 aromatic rings. The van der Waals surface area contributed by atoms with Crippen molar-refractivity contribution in [2.24, 2.45) is 0 Å². The number of hydrogen-bond acceptors (Lipinski definition) is 4. The second-order valence-corrected chi connectivity index (χ2v) is 5.71. The molecule has 0 spiro atoms. The molecule has 1 heterocycles. The molecule has 122 valence electrons. The van der Waals surface area contributed by atoms with E-state index >= 15 is 0 Å². The number of nitrogens with one attached hydrogen (secondary N) is 2. The van der Waals surface area contributed by atoms with Gasteiger partial charge in [0.25, 0.3) is 5.91 Å². The van der Waals surface area contributed by atoms with Gasteiger partial charge in [-0.05, 0) is 29.5 Å². The number of ether oxygens (including phenoxy) is 1. The summed E-state index contributed by atoms with van der Waals surface area (Å²) in [7, 11) is 1.63. The molecular formula is C17H20N2O3S. The summed E-state index contributed by atoms with van der Waals surface area (Å²) in [5.41, 5.74) is 1.69. The minimum absolute atomic E-state index is 0.0782. The van der Waals surface area contributed by atoms with Crippen molar-refractivity contribution in [3.05, 3.63) is 52.2 Å². The molecule has 0 bridgehead atoms. The summed E-state index contributed by atoms with van der Waals surface area (Å²) in [6, 6.07) is 9.49. The highest BCUT2D eigenvalue weighted by atomic mass is 32.1. The number of benzene rings is 1. The smallest absolute Gasteiger partial charge is 0.252 e. The lowest BCUT2D eigenvalue weighted by atomic mass is 10.1. The summed E-state index contributed by atoms with van der Waals surface area (Å²) in [6.07, 6.45) is 0.971. The van der Waals surface area contributed by atoms with E-state index in [4.69, 9.17) is 4.74 Å². The molecule has 2 rings (SSSR count). The standard InChI is InChI=1S/C17H20N2O3S/c1-22-15-5-3-2-4-13(15)6-9-18-16(20)7-10-19-17(21)14-8-11-23-12-14/h2-5,8,11-12H,6-7,9-10H2,1H3,(H,18,20)(H,19,21). The lowest BCUT2D eigenvalue weighted by Gasteiger charge is -2.09. The van der Waals surface area contributed by atoms with E-state index in [9.17, 15) is 9.59 Å². The number of methoxy groups -OCH3 is 1. The van der Waals surface area contributed by atoms with Crippen LogP contribution in [0.2, 0.25) is 0 Å². The summed E-state index contributed by atoms with van der Waals surface area (Å²) < 4.78 is 5.27. The van der Waals surface area contributed by atoms with Crippen LogP contribution in [0.3, 0.4) is 0 Å². The molecule has 2 N–H and O–H groups in total. The summed E-state index contributed by atoms with van der Waals surface area (Å²) in [5.74, 6) is 0.600. The van der Waals surface area contributed by atoms with Crippen molar-refractivity contribution in [3.8, 4) is 5.75 Å². The number of rotatable bonds is 8. The fourth-order valence-electron chi connectivity index (χ4n) is 2.12. The molecule has 1 aromatic carbocycles. The Morgan fingerprint density at radius 1 is 1.13 bits per heavy atom. The third-order valence-corrected chi connectivity index (χ3v) is 4.01. The largest absolute Gasteiger partial charge is 0.496 e. The van der Waals surface area contributed by atoms with Gasteiger partial charge in [-0.2, -0.15) is 11.3 Å². The van der Waals surface area contributed by atoms with Crippen molar-refractivity contribution >= 4 is 23.2 Å². The van der Waals surface area contributed by atoms with Crippen LogP contribution in [0.1, 0.15) is 22.3 Å². The topological polar surface area (TPSA) is 67.4 Å². The van der Waals surface area contributed by atoms with Gasteiger partial charge in [0.1, 0.15) is 5.75 Å². The molecule has 0 radical (unpaired) electrons. The Morgan fingerprint density at radius 2 is 1.96 bits per heavy atom. The molecule has 0 saturated heterocycles. The molecular weight excluding hydrogens is 312 g/mol. The lowest BCUT2D eigenvalue weighted by Crippen LogP contribution is -2.31. The Kier molecular flexibility index (Phi) is 6.62. The second kappa shape index (κ2) is 8.95. The quantitative estimate of drug-likeness (QED) is 0.779. The molecule has 1 aromatic heterocycles. The fourth-order valence-corrected chi connectivity index (χ4v) is 2.76. The van der Waals surface area contributed by atoms with Crippen molar-refractivity contribution in [1.29, 1.82) is 0 Å². The number of carbonyl (C=O) groups excluding carboxylic acids is 2. The van der Waals surface area contributed by atoms with Crippen molar-refractivity contribution in [2.75, 3.05) is 20.2 Å². The van der Waals surface area contributed by atoms with E-state index in [2.05, 4.69) is 10.6 Å². The van der Waals surface area contributed by atoms with E-state index < -0.39 is 0 Å². The van der Waals surface area contributed by atoms with Gasteiger partial charge in [0.2, 0.25) is 5.91 Å². The minimum atomic E-state index is -0.145. The summed E-state index contributed by atoms with van der Waals surface area (Å²) in [5, 5.41) is 9.20. The Morgan fingerprint density at radius 3 is 2.70 bits per heavy atom. The monoisotopic (exact) mass is 332 g/mol. The van der Waals surface area contributed by atoms with Crippen LogP contribution < -0.4 is 15.4 Å². The Labute approximate surface area is 139 Å². The highest BCUT2D eigenvalue weighted by molar-refractivity contribution is 7.08. The van der Waals surface area contributed by atoms with Gasteiger partial charge in [-0.25, -0.2) is 0 Å². The molecule has 0 unspecified atom stereocenters. The molecule has 0 aliphatic carbocycles. The molecule has 0 aliphatic heterocycles. The predicted molar refractivity (Wildman–Crippen MR) is 91.0 cm³/mol. The van der Waals surface area contributed by atoms with Gasteiger partial charge in [0, 0.05) is 30.5 Å². The van der Waals surface area contributed by atoms with E-state index in [1.54, 1.807) is 18.6 Å². The van der Waals surface area contributed by atoms with Gasteiger partial charge < -0.3 is 15.4 Å². The first-order valence-electron chi connectivity index (χ1n) is 7.39. The number of hydrogen-bond donors (Lipinski definition) is 2. The van der Waals surface area contributed by atoms with Crippen LogP contribution in [0.5, 0.6) is 5.75 Å². The van der Waals surface area contributed by atoms with Crippen LogP contribution in [0.4, 0.5) is 0 Å². The summed E-state index contributed by atoms with van der Waals surface area (Å²) in [6.45, 7) is 0.868. The average molecular weight is 332 g/mol. The van der Waals surface area contributed by atoms with Gasteiger partial charge in [-0.1, -0.05) is 18.2 Å². The van der Waals surface area contributed by atoms with Gasteiger partial charge in [-0.3, -0.25) is 9.59 Å². The van der Waals surface area contributed by atoms with E-state index in [0.29, 0.717) is 25.1 Å². The van der Waals surface area contributed by atoms with Gasteiger partial charge in [0.15, 0.2) is 0 Å². The number of thiophene rings is 1. The first-order valence-corrected chi connectivity index (χ1v) is 8.34. The lowest BCUT2D eigenvalue weighted by molar-refractivity contribution is -0.120. The normalized spacial score (nSPS) is 10.1. The second-order valence-electron chi connectivity index (χ2n) is 4.93. The van der Waals surface area contributed by atoms with Crippen molar-refractivity contribution in [1.82, 2.24) is 10.6 Å². The number of carbonyl (C=O) groups is 2. The molecule has 0 fully saturated rings. The van der Waals surface area contributed by atoms with Crippen LogP contribution in [-0.4, -0.2) is 32.0 Å². The first-order chi connectivity index (χ1) is 11.2. The third-order valence-electron chi connectivity index (χ3n) is 3.33. The molecule has 0 atom stereocenters. The maximum absolute atomic E-state index is 11.8. The maximum Gasteiger partial charge on any atom is 0.252 e. The molecule has 2 amide bonds. The van der Waals surface area contributed by atoms with Crippen molar-refractivity contribution in [3.63, 3.8) is 0 Å². The Bertz CT molecular complexity index is 641. The highest BCUT2D eigenvalue weighted by Gasteiger charge is 2.07. The van der Waals surface area contributed by atoms with E-state index in [0.717, 1.165) is 11.3 Å². The number of amides is 2. The van der Waals surface area contributed by atoms with Gasteiger partial charge in [0.05, 0.1) is 7.11 Å². The first kappa shape index (κ1) is 17.0. The predicted octanol–water partition coefficient (Wildman–Crippen LogP) is 2.24. The third kappa shape index (κ3) is 5.41. The van der Waals surface area contributed by atoms with Crippen molar-refractivity contribution in [2.45, 2.75) is 12.8 Å². The zero-order valence-corrected chi connectivity index (χ0v) is 13.8. The van der Waals surface area contributed by atoms with Crippen molar-refractivity contribution < 1.29 is 14.3 Å². The zero-order chi connectivity index (χ0) is 16.5. The summed E-state index contributed by atoms with van der Waals surface area (Å²) >= 11 is 1.47. The fraction of sp³-hybridized carbons (Fsp3) is 0.294. The van der Waals surface area contributed by atoms with Gasteiger partial charge in [-0.15, -0.1) is 0 Å². The van der Waals surface area contributed by atoms with Crippen LogP contribution in [0.25, 0.3) is 0 Å². The Hall–Kier alpha value is -2.34.